The number of likely N-dealkylation sites (N-methyl/N-ethyl adjacent to an activating group) is 1. The second kappa shape index (κ2) is 4.65. The molecule has 0 saturated heterocycles. The largest absolute Gasteiger partial charge is 0.458 e. The third-order valence-electron chi connectivity index (χ3n) is 2.89. The number of carbonyl (C=O) groups is 1. The van der Waals surface area contributed by atoms with Gasteiger partial charge in [-0.2, -0.15) is 0 Å². The van der Waals surface area contributed by atoms with E-state index in [4.69, 9.17) is 4.74 Å². The fourth-order valence-corrected chi connectivity index (χ4v) is 2.07. The second-order valence-corrected chi connectivity index (χ2v) is 4.04. The lowest BCUT2D eigenvalue weighted by Gasteiger charge is -2.15. The van der Waals surface area contributed by atoms with E-state index >= 15 is 0 Å². The average Bonchev–Trinajstić information content (AvgIpc) is 2.29. The van der Waals surface area contributed by atoms with E-state index in [1.165, 1.54) is 12.1 Å². The molecule has 17 heavy (non-hydrogen) atoms. The predicted octanol–water partition coefficient (Wildman–Crippen LogP) is 1.38. The summed E-state index contributed by atoms with van der Waals surface area (Å²) < 4.78 is 20.0. The van der Waals surface area contributed by atoms with Gasteiger partial charge >= 0.3 is 5.97 Å². The third-order valence-corrected chi connectivity index (χ3v) is 2.89. The van der Waals surface area contributed by atoms with Gasteiger partial charge in [-0.05, 0) is 30.7 Å². The number of hydrogen-bond acceptors (Lipinski definition) is 2. The maximum Gasteiger partial charge on any atom is 0.403 e. The molecule has 1 aliphatic heterocycles. The van der Waals surface area contributed by atoms with Gasteiger partial charge < -0.3 is 4.74 Å². The van der Waals surface area contributed by atoms with Crippen LogP contribution in [-0.2, 0) is 16.0 Å². The van der Waals surface area contributed by atoms with Crippen molar-refractivity contribution in [2.75, 3.05) is 20.2 Å². The van der Waals surface area contributed by atoms with Gasteiger partial charge in [-0.1, -0.05) is 0 Å². The van der Waals surface area contributed by atoms with Gasteiger partial charge in [0.15, 0.2) is 0 Å². The summed E-state index contributed by atoms with van der Waals surface area (Å²) in [6.45, 7) is 2.81. The molecule has 4 heteroatoms. The van der Waals surface area contributed by atoms with Crippen LogP contribution in [0, 0.1) is 5.82 Å². The van der Waals surface area contributed by atoms with Crippen LogP contribution in [0.15, 0.2) is 18.2 Å². The van der Waals surface area contributed by atoms with Crippen LogP contribution in [0.4, 0.5) is 4.39 Å². The van der Waals surface area contributed by atoms with Gasteiger partial charge in [0.2, 0.25) is 0 Å². The van der Waals surface area contributed by atoms with Gasteiger partial charge in [-0.15, -0.1) is 0 Å². The van der Waals surface area contributed by atoms with E-state index in [2.05, 4.69) is 0 Å². The number of rotatable bonds is 2. The molecule has 3 nitrogen and oxygen atoms in total. The first-order valence-electron chi connectivity index (χ1n) is 5.67. The molecule has 1 aliphatic rings. The van der Waals surface area contributed by atoms with E-state index in [1.807, 2.05) is 11.6 Å². The maximum absolute atomic E-state index is 13.1. The summed E-state index contributed by atoms with van der Waals surface area (Å²) in [5.74, 6) is -0.612. The molecule has 0 amide bonds. The quantitative estimate of drug-likeness (QED) is 0.573. The van der Waals surface area contributed by atoms with Crippen LogP contribution in [0.1, 0.15) is 18.1 Å². The lowest BCUT2D eigenvalue weighted by Crippen LogP contribution is -2.34. The van der Waals surface area contributed by atoms with Gasteiger partial charge in [0.05, 0.1) is 12.2 Å². The number of hydrogen-bond donors (Lipinski definition) is 0. The van der Waals surface area contributed by atoms with Gasteiger partial charge in [0, 0.05) is 6.42 Å². The Labute approximate surface area is 99.5 Å². The number of benzene rings is 1. The molecule has 0 bridgehead atoms. The Bertz CT molecular complexity index is 494. The van der Waals surface area contributed by atoms with E-state index in [0.29, 0.717) is 18.9 Å². The number of fused-ring (bicyclic) bond motifs is 1. The zero-order chi connectivity index (χ0) is 12.4. The van der Waals surface area contributed by atoms with E-state index in [0.717, 1.165) is 17.5 Å². The van der Waals surface area contributed by atoms with Gasteiger partial charge in [-0.25, -0.2) is 13.8 Å². The first kappa shape index (κ1) is 11.8. The first-order chi connectivity index (χ1) is 8.13. The van der Waals surface area contributed by atoms with Crippen molar-refractivity contribution < 1.29 is 18.5 Å². The van der Waals surface area contributed by atoms with Crippen LogP contribution in [0.5, 0.6) is 0 Å². The smallest absolute Gasteiger partial charge is 0.403 e. The zero-order valence-corrected chi connectivity index (χ0v) is 10.00. The normalized spacial score (nSPS) is 14.5. The minimum atomic E-state index is -0.345. The van der Waals surface area contributed by atoms with E-state index in [1.54, 1.807) is 13.0 Å². The molecule has 0 saturated carbocycles. The highest BCUT2D eigenvalue weighted by Crippen LogP contribution is 2.17. The monoisotopic (exact) mass is 236 g/mol. The zero-order valence-electron chi connectivity index (χ0n) is 10.00. The number of ether oxygens (including phenoxy) is 1. The number of nitrogens with zero attached hydrogens (tertiary/aromatic N) is 1. The highest BCUT2D eigenvalue weighted by atomic mass is 19.1. The lowest BCUT2D eigenvalue weighted by molar-refractivity contribution is -0.497. The summed E-state index contributed by atoms with van der Waals surface area (Å²) in [6, 6.07) is 4.51. The Hall–Kier alpha value is -1.71. The van der Waals surface area contributed by atoms with Gasteiger partial charge in [0.1, 0.15) is 19.4 Å². The van der Waals surface area contributed by atoms with Crippen LogP contribution in [0.3, 0.4) is 0 Å². The minimum Gasteiger partial charge on any atom is -0.458 e. The second-order valence-electron chi connectivity index (χ2n) is 4.04. The first-order valence-corrected chi connectivity index (χ1v) is 5.67. The van der Waals surface area contributed by atoms with Crippen molar-refractivity contribution in [3.63, 3.8) is 0 Å². The van der Waals surface area contributed by atoms with Crippen LogP contribution in [0.25, 0.3) is 0 Å². The third kappa shape index (κ3) is 2.20. The maximum atomic E-state index is 13.1. The Morgan fingerprint density at radius 2 is 2.29 bits per heavy atom. The highest BCUT2D eigenvalue weighted by Gasteiger charge is 2.30. The minimum absolute atomic E-state index is 0.267. The highest BCUT2D eigenvalue weighted by molar-refractivity contribution is 6.41. The SMILES string of the molecule is CCOC(=O)C1=[N+](C)CCc2cc(F)ccc21. The molecule has 0 atom stereocenters. The molecule has 0 aliphatic carbocycles. The topological polar surface area (TPSA) is 29.3 Å². The molecule has 1 heterocycles. The van der Waals surface area contributed by atoms with E-state index < -0.39 is 0 Å². The fourth-order valence-electron chi connectivity index (χ4n) is 2.07. The number of halogens is 1. The van der Waals surface area contributed by atoms with Crippen molar-refractivity contribution >= 4 is 11.7 Å². The van der Waals surface area contributed by atoms with Crippen LogP contribution < -0.4 is 0 Å². The van der Waals surface area contributed by atoms with E-state index in [9.17, 15) is 9.18 Å². The van der Waals surface area contributed by atoms with Crippen molar-refractivity contribution in [1.29, 1.82) is 0 Å². The standard InChI is InChI=1S/C13H15FNO2/c1-3-17-13(16)12-11-5-4-10(14)8-9(11)6-7-15(12)2/h4-5,8H,3,6-7H2,1-2H3/q+1. The van der Waals surface area contributed by atoms with Gasteiger partial charge in [0.25, 0.3) is 5.71 Å². The van der Waals surface area contributed by atoms with Crippen molar-refractivity contribution in [2.24, 2.45) is 0 Å². The summed E-state index contributed by atoms with van der Waals surface area (Å²) in [6.07, 6.45) is 0.743. The fraction of sp³-hybridized carbons (Fsp3) is 0.385. The Kier molecular flexibility index (Phi) is 3.22. The van der Waals surface area contributed by atoms with Crippen LogP contribution in [0.2, 0.25) is 0 Å². The molecular weight excluding hydrogens is 221 g/mol. The van der Waals surface area contributed by atoms with Gasteiger partial charge in [-0.3, -0.25) is 0 Å². The van der Waals surface area contributed by atoms with Crippen molar-refractivity contribution in [3.05, 3.63) is 35.1 Å². The lowest BCUT2D eigenvalue weighted by atomic mass is 9.97. The molecule has 0 unspecified atom stereocenters. The van der Waals surface area contributed by atoms with Crippen LogP contribution in [-0.4, -0.2) is 36.5 Å². The number of carbonyl (C=O) groups excluding carboxylic acids is 1. The summed E-state index contributed by atoms with van der Waals surface area (Å²) in [4.78, 5) is 11.9. The molecule has 1 aromatic carbocycles. The average molecular weight is 236 g/mol. The summed E-state index contributed by atoms with van der Waals surface area (Å²) in [5, 5.41) is 0. The molecule has 0 fully saturated rings. The Balaban J connectivity index is 2.47. The molecule has 0 aromatic heterocycles. The van der Waals surface area contributed by atoms with E-state index in [-0.39, 0.29) is 11.8 Å². The Morgan fingerprint density at radius 1 is 1.53 bits per heavy atom. The van der Waals surface area contributed by atoms with Crippen molar-refractivity contribution in [1.82, 2.24) is 0 Å². The molecule has 0 spiro atoms. The molecular formula is C13H15FNO2+. The Morgan fingerprint density at radius 3 is 3.00 bits per heavy atom. The molecule has 1 aromatic rings. The van der Waals surface area contributed by atoms with Crippen molar-refractivity contribution in [3.8, 4) is 0 Å². The molecule has 90 valence electrons. The van der Waals surface area contributed by atoms with Crippen molar-refractivity contribution in [2.45, 2.75) is 13.3 Å². The number of esters is 1. The molecule has 0 N–H and O–H groups in total. The summed E-state index contributed by atoms with van der Waals surface area (Å²) >= 11 is 0. The molecule has 2 rings (SSSR count). The van der Waals surface area contributed by atoms with Crippen LogP contribution >= 0.6 is 0 Å². The summed E-state index contributed by atoms with van der Waals surface area (Å²) in [7, 11) is 1.85. The summed E-state index contributed by atoms with van der Waals surface area (Å²) in [5.41, 5.74) is 2.16. The molecule has 0 radical (unpaired) electrons. The predicted molar refractivity (Wildman–Crippen MR) is 61.9 cm³/mol.